The number of aryl methyl sites for hydroxylation is 1. The van der Waals surface area contributed by atoms with Gasteiger partial charge in [0.2, 0.25) is 5.91 Å². The number of anilines is 2. The van der Waals surface area contributed by atoms with Crippen molar-refractivity contribution < 1.29 is 19.1 Å². The summed E-state index contributed by atoms with van der Waals surface area (Å²) in [5, 5.41) is 16.1. The van der Waals surface area contributed by atoms with Crippen molar-refractivity contribution >= 4 is 29.5 Å². The number of carbonyl (C=O) groups excluding carboxylic acids is 1. The van der Waals surface area contributed by atoms with Gasteiger partial charge in [0.05, 0.1) is 17.6 Å². The molecule has 7 nitrogen and oxygen atoms in total. The Morgan fingerprint density at radius 3 is 2.58 bits per heavy atom. The van der Waals surface area contributed by atoms with Crippen LogP contribution in [0.25, 0.3) is 6.08 Å². The normalized spacial score (nSPS) is 11.6. The topological polar surface area (TPSA) is 87.5 Å². The highest BCUT2D eigenvalue weighted by Gasteiger charge is 2.30. The Kier molecular flexibility index (Phi) is 5.44. The predicted molar refractivity (Wildman–Crippen MR) is 97.5 cm³/mol. The molecule has 0 aliphatic carbocycles. The van der Waals surface area contributed by atoms with Crippen LogP contribution in [0.5, 0.6) is 0 Å². The molecular weight excluding hydrogens is 339 g/mol. The van der Waals surface area contributed by atoms with Crippen LogP contribution < -0.4 is 10.2 Å². The molecule has 2 amide bonds. The van der Waals surface area contributed by atoms with Gasteiger partial charge in [0.1, 0.15) is 5.82 Å². The van der Waals surface area contributed by atoms with E-state index in [0.29, 0.717) is 0 Å². The fourth-order valence-corrected chi connectivity index (χ4v) is 2.42. The number of nitrogens with one attached hydrogen (secondary N) is 1. The van der Waals surface area contributed by atoms with Gasteiger partial charge in [-0.3, -0.25) is 14.4 Å². The number of aromatic nitrogens is 2. The van der Waals surface area contributed by atoms with E-state index in [0.717, 1.165) is 22.6 Å². The second kappa shape index (κ2) is 7.38. The smallest absolute Gasteiger partial charge is 0.412 e. The van der Waals surface area contributed by atoms with Crippen LogP contribution in [-0.4, -0.2) is 32.4 Å². The molecule has 1 aromatic heterocycles. The number of hydrogen-bond donors (Lipinski definition) is 2. The first kappa shape index (κ1) is 19.2. The third-order valence-corrected chi connectivity index (χ3v) is 3.47. The summed E-state index contributed by atoms with van der Waals surface area (Å²) in [6.45, 7) is 5.04. The van der Waals surface area contributed by atoms with E-state index < -0.39 is 23.4 Å². The molecule has 138 valence electrons. The molecule has 0 aliphatic heterocycles. The summed E-state index contributed by atoms with van der Waals surface area (Å²) in [4.78, 5) is 24.9. The summed E-state index contributed by atoms with van der Waals surface area (Å²) in [6, 6.07) is 3.58. The standard InChI is InChI=1S/C18H21FN4O3/c1-18(2,3)23(17(25)26)15-9-13(19)6-7-14(15)21-16(24)8-5-12-10-20-22(4)11-12/h5-11H,1-4H3,(H,21,24)(H,25,26). The van der Waals surface area contributed by atoms with Crippen LogP contribution in [0.4, 0.5) is 20.6 Å². The van der Waals surface area contributed by atoms with Crippen LogP contribution in [0.15, 0.2) is 36.7 Å². The summed E-state index contributed by atoms with van der Waals surface area (Å²) < 4.78 is 15.3. The minimum absolute atomic E-state index is 0.0631. The number of amides is 2. The second-order valence-corrected chi connectivity index (χ2v) is 6.72. The summed E-state index contributed by atoms with van der Waals surface area (Å²) in [7, 11) is 1.76. The fourth-order valence-electron chi connectivity index (χ4n) is 2.42. The minimum atomic E-state index is -1.25. The lowest BCUT2D eigenvalue weighted by molar-refractivity contribution is -0.111. The van der Waals surface area contributed by atoms with Crippen LogP contribution in [0.3, 0.4) is 0 Å². The molecule has 0 fully saturated rings. The summed E-state index contributed by atoms with van der Waals surface area (Å²) >= 11 is 0. The van der Waals surface area contributed by atoms with Gasteiger partial charge in [-0.2, -0.15) is 5.10 Å². The highest BCUT2D eigenvalue weighted by atomic mass is 19.1. The predicted octanol–water partition coefficient (Wildman–Crippen LogP) is 3.49. The lowest BCUT2D eigenvalue weighted by Crippen LogP contribution is -2.45. The fraction of sp³-hybridized carbons (Fsp3) is 0.278. The zero-order valence-electron chi connectivity index (χ0n) is 15.0. The zero-order chi connectivity index (χ0) is 19.5. The SMILES string of the molecule is Cn1cc(C=CC(=O)Nc2ccc(F)cc2N(C(=O)O)C(C)(C)C)cn1. The Hall–Kier alpha value is -3.16. The zero-order valence-corrected chi connectivity index (χ0v) is 15.0. The van der Waals surface area contributed by atoms with Gasteiger partial charge in [-0.05, 0) is 45.0 Å². The largest absolute Gasteiger partial charge is 0.465 e. The van der Waals surface area contributed by atoms with Gasteiger partial charge < -0.3 is 10.4 Å². The van der Waals surface area contributed by atoms with Gasteiger partial charge in [-0.1, -0.05) is 0 Å². The van der Waals surface area contributed by atoms with Crippen LogP contribution in [0.1, 0.15) is 26.3 Å². The molecule has 8 heteroatoms. The average molecular weight is 360 g/mol. The number of carbonyl (C=O) groups is 2. The highest BCUT2D eigenvalue weighted by molar-refractivity contribution is 6.05. The van der Waals surface area contributed by atoms with Crippen LogP contribution in [-0.2, 0) is 11.8 Å². The molecule has 0 aliphatic rings. The maximum atomic E-state index is 13.7. The monoisotopic (exact) mass is 360 g/mol. The molecule has 0 bridgehead atoms. The quantitative estimate of drug-likeness (QED) is 0.817. The first-order valence-corrected chi connectivity index (χ1v) is 7.88. The van der Waals surface area contributed by atoms with Crippen molar-refractivity contribution in [2.75, 3.05) is 10.2 Å². The molecule has 0 unspecified atom stereocenters. The Bertz CT molecular complexity index is 852. The van der Waals surface area contributed by atoms with Crippen LogP contribution in [0, 0.1) is 5.82 Å². The van der Waals surface area contributed by atoms with E-state index in [2.05, 4.69) is 10.4 Å². The van der Waals surface area contributed by atoms with Crippen molar-refractivity contribution in [2.24, 2.45) is 7.05 Å². The first-order valence-electron chi connectivity index (χ1n) is 7.88. The number of halogens is 1. The first-order chi connectivity index (χ1) is 12.1. The molecule has 2 aromatic rings. The summed E-state index contributed by atoms with van der Waals surface area (Å²) in [6.07, 6.45) is 4.96. The van der Waals surface area contributed by atoms with Gasteiger partial charge in [-0.25, -0.2) is 9.18 Å². The maximum Gasteiger partial charge on any atom is 0.412 e. The molecule has 0 atom stereocenters. The van der Waals surface area contributed by atoms with E-state index in [1.807, 2.05) is 0 Å². The molecule has 0 saturated carbocycles. The molecule has 2 N–H and O–H groups in total. The number of hydrogen-bond acceptors (Lipinski definition) is 3. The average Bonchev–Trinajstić information content (AvgIpc) is 2.92. The Labute approximate surface area is 150 Å². The molecule has 0 saturated heterocycles. The highest BCUT2D eigenvalue weighted by Crippen LogP contribution is 2.32. The third kappa shape index (κ3) is 4.69. The van der Waals surface area contributed by atoms with Crippen LogP contribution >= 0.6 is 0 Å². The van der Waals surface area contributed by atoms with Crippen molar-refractivity contribution in [3.05, 3.63) is 48.0 Å². The Morgan fingerprint density at radius 2 is 2.04 bits per heavy atom. The Balaban J connectivity index is 2.30. The van der Waals surface area contributed by atoms with Gasteiger partial charge in [0.25, 0.3) is 0 Å². The summed E-state index contributed by atoms with van der Waals surface area (Å²) in [5.74, 6) is -1.07. The van der Waals surface area contributed by atoms with E-state index in [-0.39, 0.29) is 11.4 Å². The molecule has 1 heterocycles. The molecule has 0 spiro atoms. The third-order valence-electron chi connectivity index (χ3n) is 3.47. The van der Waals surface area contributed by atoms with Crippen molar-refractivity contribution in [3.63, 3.8) is 0 Å². The van der Waals surface area contributed by atoms with Crippen molar-refractivity contribution in [1.29, 1.82) is 0 Å². The Morgan fingerprint density at radius 1 is 1.35 bits per heavy atom. The van der Waals surface area contributed by atoms with Gasteiger partial charge in [-0.15, -0.1) is 0 Å². The van der Waals surface area contributed by atoms with E-state index >= 15 is 0 Å². The number of carboxylic acid groups (broad SMARTS) is 1. The second-order valence-electron chi connectivity index (χ2n) is 6.72. The lowest BCUT2D eigenvalue weighted by atomic mass is 10.0. The van der Waals surface area contributed by atoms with E-state index in [1.54, 1.807) is 51.0 Å². The van der Waals surface area contributed by atoms with Crippen LogP contribution in [0.2, 0.25) is 0 Å². The molecule has 1 aromatic carbocycles. The number of benzene rings is 1. The van der Waals surface area contributed by atoms with Gasteiger partial charge in [0, 0.05) is 30.4 Å². The van der Waals surface area contributed by atoms with Crippen molar-refractivity contribution in [1.82, 2.24) is 9.78 Å². The summed E-state index contributed by atoms with van der Waals surface area (Å²) in [5.41, 5.74) is 0.173. The van der Waals surface area contributed by atoms with Gasteiger partial charge >= 0.3 is 6.09 Å². The molecular formula is C18H21FN4O3. The van der Waals surface area contributed by atoms with Gasteiger partial charge in [0.15, 0.2) is 0 Å². The van der Waals surface area contributed by atoms with E-state index in [9.17, 15) is 19.1 Å². The van der Waals surface area contributed by atoms with Crippen molar-refractivity contribution in [2.45, 2.75) is 26.3 Å². The van der Waals surface area contributed by atoms with Crippen molar-refractivity contribution in [3.8, 4) is 0 Å². The minimum Gasteiger partial charge on any atom is -0.465 e. The van der Waals surface area contributed by atoms with E-state index in [1.165, 1.54) is 12.1 Å². The molecule has 2 rings (SSSR count). The number of nitrogens with zero attached hydrogens (tertiary/aromatic N) is 3. The lowest BCUT2D eigenvalue weighted by Gasteiger charge is -2.34. The molecule has 0 radical (unpaired) electrons. The van der Waals surface area contributed by atoms with E-state index in [4.69, 9.17) is 0 Å². The maximum absolute atomic E-state index is 13.7. The molecule has 26 heavy (non-hydrogen) atoms. The number of rotatable bonds is 4.